The Morgan fingerprint density at radius 3 is 1.52 bits per heavy atom. The minimum atomic E-state index is -1.39. The van der Waals surface area contributed by atoms with Crippen molar-refractivity contribution < 1.29 is 10.0 Å². The van der Waals surface area contributed by atoms with E-state index in [2.05, 4.69) is 112 Å². The van der Waals surface area contributed by atoms with Gasteiger partial charge in [-0.1, -0.05) is 123 Å². The van der Waals surface area contributed by atoms with Crippen molar-refractivity contribution in [2.24, 2.45) is 0 Å². The van der Waals surface area contributed by atoms with Gasteiger partial charge < -0.3 is 10.0 Å². The first kappa shape index (κ1) is 28.7. The maximum absolute atomic E-state index is 8.94. The average Bonchev–Trinajstić information content (AvgIpc) is 3.00. The first-order chi connectivity index (χ1) is 19.3. The number of halogens is 2. The molecule has 0 spiro atoms. The summed E-state index contributed by atoms with van der Waals surface area (Å²) in [6.07, 6.45) is 0. The Morgan fingerprint density at radius 2 is 0.950 bits per heavy atom. The molecular weight excluding hydrogens is 642 g/mol. The van der Waals surface area contributed by atoms with E-state index in [-0.39, 0.29) is 7.92 Å². The van der Waals surface area contributed by atoms with Crippen LogP contribution in [0.1, 0.15) is 0 Å². The molecule has 0 unspecified atom stereocenters. The molecule has 40 heavy (non-hydrogen) atoms. The fourth-order valence-electron chi connectivity index (χ4n) is 4.68. The number of benzene rings is 6. The minimum Gasteiger partial charge on any atom is -0.423 e. The van der Waals surface area contributed by atoms with Crippen molar-refractivity contribution in [1.82, 2.24) is 0 Å². The fourth-order valence-corrected chi connectivity index (χ4v) is 6.79. The first-order valence-corrected chi connectivity index (χ1v) is 16.7. The lowest BCUT2D eigenvalue weighted by Crippen LogP contribution is -2.29. The van der Waals surface area contributed by atoms with Gasteiger partial charge in [0.15, 0.2) is 0 Å². The molecule has 0 aliphatic carbocycles. The largest absolute Gasteiger partial charge is 0.488 e. The summed E-state index contributed by atoms with van der Waals surface area (Å²) in [7, 11) is -1.44. The summed E-state index contributed by atoms with van der Waals surface area (Å²) in [5, 5.41) is 24.3. The van der Waals surface area contributed by atoms with Gasteiger partial charge in [0.2, 0.25) is 0 Å². The zero-order chi connectivity index (χ0) is 28.2. The molecule has 0 fully saturated rings. The third-order valence-electron chi connectivity index (χ3n) is 6.93. The molecule has 0 radical (unpaired) electrons. The molecule has 6 aromatic carbocycles. The van der Waals surface area contributed by atoms with Gasteiger partial charge in [0.05, 0.1) is 0 Å². The summed E-state index contributed by atoms with van der Waals surface area (Å²) in [4.78, 5) is 0. The molecule has 6 heteroatoms. The van der Waals surface area contributed by atoms with Crippen LogP contribution in [0.4, 0.5) is 0 Å². The van der Waals surface area contributed by atoms with Gasteiger partial charge in [-0.2, -0.15) is 0 Å². The van der Waals surface area contributed by atoms with Crippen molar-refractivity contribution in [3.8, 4) is 22.3 Å². The SMILES string of the molecule is CP(C)c1ccc(-c2ccc3c(Br)c4ccccc4c(Br)c3c2)cc1.OB(O)c1ccc(-c2ccccc2)cc1. The van der Waals surface area contributed by atoms with Crippen molar-refractivity contribution in [2.45, 2.75) is 0 Å². The van der Waals surface area contributed by atoms with Crippen LogP contribution in [-0.2, 0) is 0 Å². The highest BCUT2D eigenvalue weighted by molar-refractivity contribution is 9.11. The number of rotatable bonds is 4. The van der Waals surface area contributed by atoms with E-state index < -0.39 is 7.12 Å². The van der Waals surface area contributed by atoms with Gasteiger partial charge in [-0.3, -0.25) is 0 Å². The highest BCUT2D eigenvalue weighted by atomic mass is 79.9. The number of hydrogen-bond donors (Lipinski definition) is 2. The van der Waals surface area contributed by atoms with E-state index in [1.807, 2.05) is 42.5 Å². The molecule has 0 atom stereocenters. The van der Waals surface area contributed by atoms with Crippen molar-refractivity contribution >= 4 is 79.2 Å². The monoisotopic (exact) mass is 668 g/mol. The average molecular weight is 670 g/mol. The lowest BCUT2D eigenvalue weighted by atomic mass is 9.80. The van der Waals surface area contributed by atoms with Crippen LogP contribution in [0.2, 0.25) is 0 Å². The van der Waals surface area contributed by atoms with Gasteiger partial charge in [-0.05, 0) is 106 Å². The summed E-state index contributed by atoms with van der Waals surface area (Å²) in [5.74, 6) is 0. The van der Waals surface area contributed by atoms with Gasteiger partial charge >= 0.3 is 7.12 Å². The van der Waals surface area contributed by atoms with E-state index >= 15 is 0 Å². The summed E-state index contributed by atoms with van der Waals surface area (Å²) < 4.78 is 2.32. The number of fused-ring (bicyclic) bond motifs is 2. The van der Waals surface area contributed by atoms with Crippen LogP contribution in [0.3, 0.4) is 0 Å². The Balaban J connectivity index is 0.000000184. The van der Waals surface area contributed by atoms with Crippen LogP contribution < -0.4 is 10.8 Å². The summed E-state index contributed by atoms with van der Waals surface area (Å²) in [6, 6.07) is 41.3. The van der Waals surface area contributed by atoms with Crippen LogP contribution in [0, 0.1) is 0 Å². The summed E-state index contributed by atoms with van der Waals surface area (Å²) in [6.45, 7) is 4.58. The lowest BCUT2D eigenvalue weighted by Gasteiger charge is -2.12. The van der Waals surface area contributed by atoms with Crippen LogP contribution in [-0.4, -0.2) is 30.5 Å². The second-order valence-corrected chi connectivity index (χ2v) is 13.6. The molecule has 0 saturated heterocycles. The van der Waals surface area contributed by atoms with Crippen LogP contribution >= 0.6 is 39.8 Å². The molecule has 6 rings (SSSR count). The Hall–Kier alpha value is -2.79. The van der Waals surface area contributed by atoms with Gasteiger partial charge in [-0.25, -0.2) is 0 Å². The zero-order valence-corrected chi connectivity index (χ0v) is 26.3. The van der Waals surface area contributed by atoms with Crippen LogP contribution in [0.15, 0.2) is 130 Å². The minimum absolute atomic E-state index is 0.0482. The standard InChI is InChI=1S/C22H17Br2P.C12H11BO2/c1-25(2)16-10-7-14(8-11-16)15-9-12-19-20(13-15)22(24)18-6-4-3-5-17(18)21(19)23;14-13(15)12-8-6-11(7-9-12)10-4-2-1-3-5-10/h3-13H,1-2H3;1-9,14-15H. The second kappa shape index (κ2) is 12.8. The highest BCUT2D eigenvalue weighted by Gasteiger charge is 2.12. The molecule has 0 aliphatic rings. The predicted octanol–water partition coefficient (Wildman–Crippen LogP) is 8.59. The smallest absolute Gasteiger partial charge is 0.423 e. The third-order valence-corrected chi connectivity index (χ3v) is 9.97. The van der Waals surface area contributed by atoms with Gasteiger partial charge in [-0.15, -0.1) is 0 Å². The van der Waals surface area contributed by atoms with Gasteiger partial charge in [0.25, 0.3) is 0 Å². The molecule has 198 valence electrons. The maximum Gasteiger partial charge on any atom is 0.488 e. The molecule has 6 aromatic rings. The molecule has 0 heterocycles. The Bertz CT molecular complexity index is 1750. The van der Waals surface area contributed by atoms with Crippen molar-refractivity contribution in [2.75, 3.05) is 13.3 Å². The second-order valence-electron chi connectivity index (χ2n) is 9.74. The van der Waals surface area contributed by atoms with E-state index in [1.54, 1.807) is 12.1 Å². The maximum atomic E-state index is 8.94. The van der Waals surface area contributed by atoms with E-state index in [0.717, 1.165) is 20.1 Å². The fraction of sp³-hybridized carbons (Fsp3) is 0.0588. The normalized spacial score (nSPS) is 11.0. The zero-order valence-electron chi connectivity index (χ0n) is 22.2. The molecule has 0 aliphatic heterocycles. The predicted molar refractivity (Wildman–Crippen MR) is 182 cm³/mol. The highest BCUT2D eigenvalue weighted by Crippen LogP contribution is 2.40. The topological polar surface area (TPSA) is 40.5 Å². The Labute approximate surface area is 253 Å². The van der Waals surface area contributed by atoms with Crippen molar-refractivity contribution in [3.63, 3.8) is 0 Å². The molecule has 0 amide bonds. The Morgan fingerprint density at radius 1 is 0.500 bits per heavy atom. The molecule has 0 aromatic heterocycles. The van der Waals surface area contributed by atoms with Crippen LogP contribution in [0.5, 0.6) is 0 Å². The molecule has 0 saturated carbocycles. The summed E-state index contributed by atoms with van der Waals surface area (Å²) in [5.41, 5.74) is 5.21. The van der Waals surface area contributed by atoms with E-state index in [0.29, 0.717) is 5.46 Å². The van der Waals surface area contributed by atoms with E-state index in [4.69, 9.17) is 10.0 Å². The van der Waals surface area contributed by atoms with Crippen molar-refractivity contribution in [3.05, 3.63) is 130 Å². The van der Waals surface area contributed by atoms with Gasteiger partial charge in [0.1, 0.15) is 0 Å². The quantitative estimate of drug-likeness (QED) is 0.112. The van der Waals surface area contributed by atoms with E-state index in [9.17, 15) is 0 Å². The number of hydrogen-bond acceptors (Lipinski definition) is 2. The molecule has 2 N–H and O–H groups in total. The van der Waals surface area contributed by atoms with Crippen LogP contribution in [0.25, 0.3) is 43.8 Å². The van der Waals surface area contributed by atoms with Gasteiger partial charge in [0, 0.05) is 8.95 Å². The lowest BCUT2D eigenvalue weighted by molar-refractivity contribution is 0.426. The third kappa shape index (κ3) is 6.25. The molecule has 0 bridgehead atoms. The molecular formula is C34H28BBr2O2P. The Kier molecular flexibility index (Phi) is 9.20. The molecule has 2 nitrogen and oxygen atoms in total. The first-order valence-electron chi connectivity index (χ1n) is 12.9. The summed E-state index contributed by atoms with van der Waals surface area (Å²) >= 11 is 7.64. The van der Waals surface area contributed by atoms with Crippen molar-refractivity contribution in [1.29, 1.82) is 0 Å². The van der Waals surface area contributed by atoms with E-state index in [1.165, 1.54) is 38.0 Å².